The average molecular weight is 270 g/mol. The van der Waals surface area contributed by atoms with Crippen molar-refractivity contribution in [2.75, 3.05) is 13.7 Å². The quantitative estimate of drug-likeness (QED) is 0.608. The van der Waals surface area contributed by atoms with Crippen LogP contribution < -0.4 is 5.73 Å². The fourth-order valence-corrected chi connectivity index (χ4v) is 2.96. The zero-order valence-electron chi connectivity index (χ0n) is 12.2. The van der Waals surface area contributed by atoms with Gasteiger partial charge in [-0.25, -0.2) is 0 Å². The van der Waals surface area contributed by atoms with Gasteiger partial charge in [-0.05, 0) is 40.2 Å². The number of carbonyl (C=O) groups excluding carboxylic acids is 1. The van der Waals surface area contributed by atoms with Gasteiger partial charge in [0.05, 0.1) is 18.7 Å². The van der Waals surface area contributed by atoms with E-state index >= 15 is 0 Å². The summed E-state index contributed by atoms with van der Waals surface area (Å²) >= 11 is 0. The first-order valence-electron chi connectivity index (χ1n) is 6.70. The summed E-state index contributed by atoms with van der Waals surface area (Å²) in [6.07, 6.45) is 4.67. The lowest BCUT2D eigenvalue weighted by molar-refractivity contribution is -0.121. The van der Waals surface area contributed by atoms with Crippen molar-refractivity contribution in [3.63, 3.8) is 0 Å². The third-order valence-corrected chi connectivity index (χ3v) is 4.21. The normalized spacial score (nSPS) is 33.5. The molecule has 5 atom stereocenters. The minimum Gasteiger partial charge on any atom is -0.393 e. The Morgan fingerprint density at radius 3 is 2.63 bits per heavy atom. The molecule has 1 aliphatic heterocycles. The highest BCUT2D eigenvalue weighted by Gasteiger charge is 2.47. The van der Waals surface area contributed by atoms with Crippen LogP contribution in [0.4, 0.5) is 0 Å². The van der Waals surface area contributed by atoms with Crippen LogP contribution in [0.2, 0.25) is 0 Å². The summed E-state index contributed by atoms with van der Waals surface area (Å²) in [5.74, 6) is 0.215. The molecule has 0 aliphatic carbocycles. The number of likely N-dealkylation sites (tertiary alicyclic amines) is 1. The number of nitrogens with zero attached hydrogens (tertiary/aromatic N) is 1. The largest absolute Gasteiger partial charge is 0.393 e. The van der Waals surface area contributed by atoms with Crippen LogP contribution in [0.15, 0.2) is 12.2 Å². The highest BCUT2D eigenvalue weighted by molar-refractivity contribution is 5.81. The smallest absolute Gasteiger partial charge is 0.146 e. The van der Waals surface area contributed by atoms with Gasteiger partial charge in [0, 0.05) is 6.04 Å². The molecule has 19 heavy (non-hydrogen) atoms. The van der Waals surface area contributed by atoms with Crippen molar-refractivity contribution in [1.82, 2.24) is 4.90 Å². The second kappa shape index (κ2) is 6.13. The highest BCUT2D eigenvalue weighted by Crippen LogP contribution is 2.34. The van der Waals surface area contributed by atoms with E-state index in [1.54, 1.807) is 6.92 Å². The topological polar surface area (TPSA) is 86.8 Å². The predicted octanol–water partition coefficient (Wildman–Crippen LogP) is -0.0890. The zero-order valence-corrected chi connectivity index (χ0v) is 12.2. The van der Waals surface area contributed by atoms with Gasteiger partial charge >= 0.3 is 0 Å². The van der Waals surface area contributed by atoms with Crippen molar-refractivity contribution in [2.24, 2.45) is 11.7 Å². The molecule has 1 fully saturated rings. The number of rotatable bonds is 5. The number of Topliss-reactive ketones (excluding diaryl/α,β-unsaturated/α-hetero) is 1. The Hall–Kier alpha value is -0.750. The highest BCUT2D eigenvalue weighted by atomic mass is 16.3. The summed E-state index contributed by atoms with van der Waals surface area (Å²) in [7, 11) is 1.85. The molecule has 1 saturated heterocycles. The molecule has 1 aliphatic rings. The number of hydrogen-bond donors (Lipinski definition) is 3. The van der Waals surface area contributed by atoms with Gasteiger partial charge in [0.2, 0.25) is 0 Å². The summed E-state index contributed by atoms with van der Waals surface area (Å²) < 4.78 is 0. The van der Waals surface area contributed by atoms with E-state index in [0.29, 0.717) is 6.42 Å². The Morgan fingerprint density at radius 1 is 1.63 bits per heavy atom. The summed E-state index contributed by atoms with van der Waals surface area (Å²) in [6.45, 7) is 4.63. The first kappa shape index (κ1) is 16.3. The van der Waals surface area contributed by atoms with Gasteiger partial charge in [0.25, 0.3) is 0 Å². The predicted molar refractivity (Wildman–Crippen MR) is 74.6 cm³/mol. The number of hydrogen-bond acceptors (Lipinski definition) is 5. The number of allylic oxidation sites excluding steroid dienone is 1. The maximum absolute atomic E-state index is 11.7. The zero-order chi connectivity index (χ0) is 14.8. The van der Waals surface area contributed by atoms with Crippen molar-refractivity contribution in [1.29, 1.82) is 0 Å². The Morgan fingerprint density at radius 2 is 2.21 bits per heavy atom. The molecule has 0 aromatic heterocycles. The first-order chi connectivity index (χ1) is 8.76. The number of ketones is 1. The minimum absolute atomic E-state index is 0.107. The van der Waals surface area contributed by atoms with Gasteiger partial charge in [-0.1, -0.05) is 12.2 Å². The number of carbonyl (C=O) groups is 1. The number of nitrogens with two attached hydrogens (primary N) is 1. The molecule has 0 saturated carbocycles. The van der Waals surface area contributed by atoms with E-state index in [1.165, 1.54) is 6.92 Å². The molecule has 0 spiro atoms. The third-order valence-electron chi connectivity index (χ3n) is 4.21. The van der Waals surface area contributed by atoms with Gasteiger partial charge in [-0.2, -0.15) is 0 Å². The second-order valence-electron chi connectivity index (χ2n) is 5.75. The van der Waals surface area contributed by atoms with Crippen LogP contribution in [0.25, 0.3) is 0 Å². The van der Waals surface area contributed by atoms with Crippen LogP contribution in [0.1, 0.15) is 27.2 Å². The molecule has 2 unspecified atom stereocenters. The van der Waals surface area contributed by atoms with Crippen molar-refractivity contribution in [3.05, 3.63) is 12.2 Å². The van der Waals surface area contributed by atoms with Crippen molar-refractivity contribution in [3.8, 4) is 0 Å². The average Bonchev–Trinajstić information content (AvgIpc) is 2.66. The molecule has 1 rings (SSSR count). The number of aliphatic hydroxyl groups is 2. The Kier molecular flexibility index (Phi) is 5.26. The first-order valence-corrected chi connectivity index (χ1v) is 6.70. The van der Waals surface area contributed by atoms with Crippen LogP contribution in [0.5, 0.6) is 0 Å². The Labute approximate surface area is 115 Å². The van der Waals surface area contributed by atoms with Gasteiger partial charge in [-0.15, -0.1) is 0 Å². The lowest BCUT2D eigenvalue weighted by Crippen LogP contribution is -2.60. The monoisotopic (exact) mass is 270 g/mol. The van der Waals surface area contributed by atoms with Crippen LogP contribution in [0.3, 0.4) is 0 Å². The minimum atomic E-state index is -1.36. The molecule has 0 radical (unpaired) electrons. The van der Waals surface area contributed by atoms with Crippen LogP contribution >= 0.6 is 0 Å². The van der Waals surface area contributed by atoms with Gasteiger partial charge in [0.1, 0.15) is 11.4 Å². The van der Waals surface area contributed by atoms with Crippen molar-refractivity contribution in [2.45, 2.75) is 50.9 Å². The maximum Gasteiger partial charge on any atom is 0.146 e. The number of likely N-dealkylation sites (N-methyl/N-ethyl adjacent to an activating group) is 1. The number of aliphatic hydroxyl groups excluding tert-OH is 1. The molecule has 0 bridgehead atoms. The summed E-state index contributed by atoms with van der Waals surface area (Å²) in [4.78, 5) is 13.6. The van der Waals surface area contributed by atoms with E-state index in [1.807, 2.05) is 31.0 Å². The molecule has 110 valence electrons. The maximum atomic E-state index is 11.7. The third kappa shape index (κ3) is 3.23. The Balaban J connectivity index is 3.03. The summed E-state index contributed by atoms with van der Waals surface area (Å²) in [5, 5.41) is 19.4. The van der Waals surface area contributed by atoms with E-state index in [2.05, 4.69) is 0 Å². The lowest BCUT2D eigenvalue weighted by atomic mass is 9.84. The van der Waals surface area contributed by atoms with E-state index < -0.39 is 18.2 Å². The van der Waals surface area contributed by atoms with Gasteiger partial charge in [-0.3, -0.25) is 9.69 Å². The van der Waals surface area contributed by atoms with E-state index in [4.69, 9.17) is 5.73 Å². The summed E-state index contributed by atoms with van der Waals surface area (Å²) in [5.41, 5.74) is 4.79. The van der Waals surface area contributed by atoms with Gasteiger partial charge in [0.15, 0.2) is 0 Å². The van der Waals surface area contributed by atoms with Crippen molar-refractivity contribution >= 4 is 5.78 Å². The lowest BCUT2D eigenvalue weighted by Gasteiger charge is -2.38. The molecule has 0 aromatic carbocycles. The van der Waals surface area contributed by atoms with Crippen LogP contribution in [-0.2, 0) is 4.79 Å². The van der Waals surface area contributed by atoms with E-state index in [9.17, 15) is 15.0 Å². The SMILES string of the molecule is C/C=C\[C@@H]1C[C@H](C(C)=O)N(C)[C@H]1C(N)C(C)(O)CO. The molecule has 4 N–H and O–H groups in total. The van der Waals surface area contributed by atoms with Crippen molar-refractivity contribution < 1.29 is 15.0 Å². The fraction of sp³-hybridized carbons (Fsp3) is 0.786. The van der Waals surface area contributed by atoms with E-state index in [0.717, 1.165) is 0 Å². The molecule has 0 aromatic rings. The molecule has 5 nitrogen and oxygen atoms in total. The fourth-order valence-electron chi connectivity index (χ4n) is 2.96. The standard InChI is InChI=1S/C14H26N2O3/c1-5-6-10-7-11(9(2)18)16(4)12(10)13(15)14(3,19)8-17/h5-6,10-13,17,19H,7-8,15H2,1-4H3/b6-5-/t10-,11-,12-,13?,14?/m1/s1. The Bertz CT molecular complexity index is 355. The molecule has 1 heterocycles. The van der Waals surface area contributed by atoms with Crippen LogP contribution in [0, 0.1) is 5.92 Å². The molecule has 5 heteroatoms. The summed E-state index contributed by atoms with van der Waals surface area (Å²) in [6, 6.07) is -0.952. The van der Waals surface area contributed by atoms with Gasteiger partial charge < -0.3 is 15.9 Å². The van der Waals surface area contributed by atoms with Crippen LogP contribution in [-0.4, -0.2) is 58.3 Å². The molecule has 0 amide bonds. The van der Waals surface area contributed by atoms with E-state index in [-0.39, 0.29) is 23.8 Å². The molecular formula is C14H26N2O3. The second-order valence-corrected chi connectivity index (χ2v) is 5.75. The molecular weight excluding hydrogens is 244 g/mol.